The van der Waals surface area contributed by atoms with Gasteiger partial charge in [0, 0.05) is 0 Å². The van der Waals surface area contributed by atoms with Crippen LogP contribution in [0.25, 0.3) is 10.2 Å². The van der Waals surface area contributed by atoms with Crippen LogP contribution in [0, 0.1) is 0 Å². The SMILES string of the molecule is CCOP(=S)(Nc1nc2ccccc2s1)OCC. The molecule has 1 aromatic heterocycles. The summed E-state index contributed by atoms with van der Waals surface area (Å²) in [6, 6.07) is 7.96. The molecule has 18 heavy (non-hydrogen) atoms. The highest BCUT2D eigenvalue weighted by Crippen LogP contribution is 2.49. The Kier molecular flexibility index (Phi) is 4.70. The van der Waals surface area contributed by atoms with Gasteiger partial charge in [-0.1, -0.05) is 23.5 Å². The van der Waals surface area contributed by atoms with Crippen LogP contribution in [0.1, 0.15) is 13.8 Å². The molecule has 0 bridgehead atoms. The fourth-order valence-electron chi connectivity index (χ4n) is 1.48. The van der Waals surface area contributed by atoms with Gasteiger partial charge in [-0.25, -0.2) is 4.98 Å². The van der Waals surface area contributed by atoms with Crippen LogP contribution in [0.3, 0.4) is 0 Å². The van der Waals surface area contributed by atoms with Crippen LogP contribution in [0.15, 0.2) is 24.3 Å². The maximum atomic E-state index is 5.53. The summed E-state index contributed by atoms with van der Waals surface area (Å²) in [5, 5.41) is 3.89. The van der Waals surface area contributed by atoms with Crippen molar-refractivity contribution >= 4 is 45.1 Å². The van der Waals surface area contributed by atoms with Gasteiger partial charge >= 0.3 is 0 Å². The zero-order valence-electron chi connectivity index (χ0n) is 10.3. The molecule has 0 saturated carbocycles. The number of anilines is 1. The summed E-state index contributed by atoms with van der Waals surface area (Å²) in [6.45, 7) is 2.39. The molecule has 1 N–H and O–H groups in total. The Bertz CT molecular complexity index is 530. The first-order chi connectivity index (χ1) is 8.67. The summed E-state index contributed by atoms with van der Waals surface area (Å²) in [7, 11) is 0. The number of nitrogens with zero attached hydrogens (tertiary/aromatic N) is 1. The second kappa shape index (κ2) is 6.08. The van der Waals surface area contributed by atoms with Gasteiger partial charge in [-0.05, 0) is 37.8 Å². The molecule has 2 rings (SSSR count). The van der Waals surface area contributed by atoms with Crippen molar-refractivity contribution in [1.29, 1.82) is 0 Å². The summed E-state index contributed by atoms with van der Waals surface area (Å²) in [5.74, 6) is 0. The Hall–Kier alpha value is -0.520. The monoisotopic (exact) mass is 302 g/mol. The van der Waals surface area contributed by atoms with Gasteiger partial charge in [0.15, 0.2) is 5.13 Å². The molecule has 0 saturated heterocycles. The molecule has 98 valence electrons. The molecule has 0 spiro atoms. The number of hydrogen-bond donors (Lipinski definition) is 1. The second-order valence-corrected chi connectivity index (χ2v) is 7.64. The minimum atomic E-state index is -2.47. The maximum Gasteiger partial charge on any atom is 0.289 e. The van der Waals surface area contributed by atoms with Gasteiger partial charge in [0.2, 0.25) is 0 Å². The molecule has 0 aliphatic rings. The third-order valence-electron chi connectivity index (χ3n) is 2.12. The van der Waals surface area contributed by atoms with E-state index in [1.807, 2.05) is 38.1 Å². The van der Waals surface area contributed by atoms with Crippen LogP contribution in [0.2, 0.25) is 0 Å². The normalized spacial score (nSPS) is 11.9. The molecule has 0 atom stereocenters. The third-order valence-corrected chi connectivity index (χ3v) is 5.82. The van der Waals surface area contributed by atoms with Gasteiger partial charge in [-0.15, -0.1) is 0 Å². The number of hydrogen-bond acceptors (Lipinski definition) is 5. The van der Waals surface area contributed by atoms with E-state index in [1.165, 1.54) is 0 Å². The highest BCUT2D eigenvalue weighted by atomic mass is 32.5. The predicted octanol–water partition coefficient (Wildman–Crippen LogP) is 4.01. The van der Waals surface area contributed by atoms with Crippen LogP contribution in [-0.4, -0.2) is 18.2 Å². The highest BCUT2D eigenvalue weighted by Gasteiger charge is 2.19. The van der Waals surface area contributed by atoms with Crippen molar-refractivity contribution in [3.8, 4) is 0 Å². The molecule has 7 heteroatoms. The quantitative estimate of drug-likeness (QED) is 0.817. The van der Waals surface area contributed by atoms with Crippen LogP contribution in [0.5, 0.6) is 0 Å². The molecular weight excluding hydrogens is 287 g/mol. The van der Waals surface area contributed by atoms with Gasteiger partial charge in [0.25, 0.3) is 6.64 Å². The molecule has 0 radical (unpaired) electrons. The summed E-state index contributed by atoms with van der Waals surface area (Å²) >= 11 is 6.96. The van der Waals surface area contributed by atoms with E-state index in [0.717, 1.165) is 15.3 Å². The highest BCUT2D eigenvalue weighted by molar-refractivity contribution is 8.10. The Morgan fingerprint density at radius 1 is 1.28 bits per heavy atom. The zero-order chi connectivity index (χ0) is 13.0. The topological polar surface area (TPSA) is 43.4 Å². The van der Waals surface area contributed by atoms with Crippen molar-refractivity contribution in [2.24, 2.45) is 0 Å². The van der Waals surface area contributed by atoms with Crippen molar-refractivity contribution in [2.45, 2.75) is 13.8 Å². The number of thiazole rings is 1. The van der Waals surface area contributed by atoms with Crippen molar-refractivity contribution in [3.05, 3.63) is 24.3 Å². The summed E-state index contributed by atoms with van der Waals surface area (Å²) in [5.41, 5.74) is 0.958. The summed E-state index contributed by atoms with van der Waals surface area (Å²) in [4.78, 5) is 4.47. The van der Waals surface area contributed by atoms with Crippen molar-refractivity contribution in [3.63, 3.8) is 0 Å². The maximum absolute atomic E-state index is 5.53. The van der Waals surface area contributed by atoms with Crippen LogP contribution in [0.4, 0.5) is 5.13 Å². The van der Waals surface area contributed by atoms with Crippen LogP contribution < -0.4 is 5.09 Å². The van der Waals surface area contributed by atoms with E-state index in [-0.39, 0.29) is 0 Å². The van der Waals surface area contributed by atoms with Gasteiger partial charge in [-0.3, -0.25) is 5.09 Å². The molecule has 1 heterocycles. The van der Waals surface area contributed by atoms with Gasteiger partial charge in [-0.2, -0.15) is 0 Å². The lowest BCUT2D eigenvalue weighted by Crippen LogP contribution is -2.04. The van der Waals surface area contributed by atoms with E-state index in [1.54, 1.807) is 11.3 Å². The summed E-state index contributed by atoms with van der Waals surface area (Å²) < 4.78 is 12.2. The molecule has 1 aromatic carbocycles. The molecule has 0 aliphatic heterocycles. The van der Waals surface area contributed by atoms with Gasteiger partial charge < -0.3 is 9.05 Å². The largest absolute Gasteiger partial charge is 0.314 e. The Balaban J connectivity index is 2.23. The second-order valence-electron chi connectivity index (χ2n) is 3.43. The predicted molar refractivity (Wildman–Crippen MR) is 80.8 cm³/mol. The standard InChI is InChI=1S/C11H15N2O2PS2/c1-3-14-16(17,15-4-2)13-11-12-9-7-5-6-8-10(9)18-11/h5-8H,3-4H2,1-2H3,(H,12,13,17). The van der Waals surface area contributed by atoms with Crippen molar-refractivity contribution in [1.82, 2.24) is 4.98 Å². The fraction of sp³-hybridized carbons (Fsp3) is 0.364. The average Bonchev–Trinajstić information content (AvgIpc) is 2.70. The van der Waals surface area contributed by atoms with E-state index in [2.05, 4.69) is 10.1 Å². The number of aromatic nitrogens is 1. The minimum absolute atomic E-state index is 0.523. The summed E-state index contributed by atoms with van der Waals surface area (Å²) in [6.07, 6.45) is 0. The van der Waals surface area contributed by atoms with Gasteiger partial charge in [0.1, 0.15) is 0 Å². The van der Waals surface area contributed by atoms with Crippen LogP contribution >= 0.6 is 18.0 Å². The van der Waals surface area contributed by atoms with E-state index in [0.29, 0.717) is 13.2 Å². The Morgan fingerprint density at radius 3 is 2.56 bits per heavy atom. The number of fused-ring (bicyclic) bond motifs is 1. The molecule has 0 amide bonds. The van der Waals surface area contributed by atoms with Crippen molar-refractivity contribution in [2.75, 3.05) is 18.3 Å². The van der Waals surface area contributed by atoms with E-state index < -0.39 is 6.64 Å². The third kappa shape index (κ3) is 3.28. The lowest BCUT2D eigenvalue weighted by Gasteiger charge is -2.20. The molecule has 0 unspecified atom stereocenters. The van der Waals surface area contributed by atoms with Gasteiger partial charge in [0.05, 0.1) is 23.4 Å². The van der Waals surface area contributed by atoms with E-state index in [9.17, 15) is 0 Å². The average molecular weight is 302 g/mol. The fourth-order valence-corrected chi connectivity index (χ4v) is 4.97. The first-order valence-electron chi connectivity index (χ1n) is 5.70. The molecular formula is C11H15N2O2PS2. The molecule has 0 fully saturated rings. The number of para-hydroxylation sites is 1. The number of benzene rings is 1. The zero-order valence-corrected chi connectivity index (χ0v) is 12.8. The number of rotatable bonds is 6. The lowest BCUT2D eigenvalue weighted by atomic mass is 10.3. The van der Waals surface area contributed by atoms with Crippen molar-refractivity contribution < 1.29 is 9.05 Å². The minimum Gasteiger partial charge on any atom is -0.314 e. The van der Waals surface area contributed by atoms with E-state index >= 15 is 0 Å². The van der Waals surface area contributed by atoms with E-state index in [4.69, 9.17) is 20.9 Å². The Labute approximate surface area is 116 Å². The first-order valence-corrected chi connectivity index (χ1v) is 9.15. The lowest BCUT2D eigenvalue weighted by molar-refractivity contribution is 0.271. The van der Waals surface area contributed by atoms with Crippen LogP contribution in [-0.2, 0) is 20.9 Å². The first kappa shape index (κ1) is 13.9. The molecule has 4 nitrogen and oxygen atoms in total. The Morgan fingerprint density at radius 2 is 1.94 bits per heavy atom. The number of nitrogens with one attached hydrogen (secondary N) is 1. The molecule has 2 aromatic rings. The smallest absolute Gasteiger partial charge is 0.289 e. The molecule has 0 aliphatic carbocycles.